The minimum atomic E-state index is -0.989. The Balaban J connectivity index is 1.38. The van der Waals surface area contributed by atoms with Crippen LogP contribution in [0.2, 0.25) is 0 Å². The van der Waals surface area contributed by atoms with Gasteiger partial charge in [0.1, 0.15) is 6.17 Å². The van der Waals surface area contributed by atoms with E-state index in [0.717, 1.165) is 58.4 Å². The van der Waals surface area contributed by atoms with Crippen molar-refractivity contribution in [3.63, 3.8) is 0 Å². The molecule has 212 valence electrons. The highest BCUT2D eigenvalue weighted by molar-refractivity contribution is 7.13. The summed E-state index contributed by atoms with van der Waals surface area (Å²) < 4.78 is 17.8. The Morgan fingerprint density at radius 3 is 2.78 bits per heavy atom. The normalized spacial score (nSPS) is 15.5. The Hall–Kier alpha value is -3.89. The molecule has 0 radical (unpaired) electrons. The van der Waals surface area contributed by atoms with E-state index in [1.165, 1.54) is 16.9 Å². The van der Waals surface area contributed by atoms with Gasteiger partial charge in [-0.2, -0.15) is 5.10 Å². The van der Waals surface area contributed by atoms with Crippen LogP contribution in [0.4, 0.5) is 9.52 Å². The number of likely N-dealkylation sites (N-methyl/N-ethyl adjacent to an activating group) is 1. The average Bonchev–Trinajstić information content (AvgIpc) is 3.76. The van der Waals surface area contributed by atoms with Crippen LogP contribution in [-0.4, -0.2) is 61.4 Å². The van der Waals surface area contributed by atoms with Gasteiger partial charge in [-0.15, -0.1) is 11.3 Å². The number of benzene rings is 2. The van der Waals surface area contributed by atoms with E-state index in [4.69, 9.17) is 5.10 Å². The number of hydrogen-bond acceptors (Lipinski definition) is 6. The molecule has 2 aromatic carbocycles. The summed E-state index contributed by atoms with van der Waals surface area (Å²) in [5, 5.41) is 11.2. The molecule has 8 nitrogen and oxygen atoms in total. The summed E-state index contributed by atoms with van der Waals surface area (Å²) in [5.74, 6) is -0.309. The molecule has 0 saturated heterocycles. The summed E-state index contributed by atoms with van der Waals surface area (Å²) in [4.78, 5) is 24.8. The van der Waals surface area contributed by atoms with Crippen LogP contribution in [0.25, 0.3) is 22.0 Å². The number of amides is 1. The molecule has 2 atom stereocenters. The van der Waals surface area contributed by atoms with Crippen LogP contribution < -0.4 is 5.32 Å². The molecular weight excluding hydrogens is 537 g/mol. The van der Waals surface area contributed by atoms with Gasteiger partial charge in [0.25, 0.3) is 5.91 Å². The topological polar surface area (TPSA) is 80.9 Å². The Morgan fingerprint density at radius 1 is 1.24 bits per heavy atom. The van der Waals surface area contributed by atoms with E-state index in [1.54, 1.807) is 27.2 Å². The molecule has 4 heterocycles. The molecule has 0 bridgehead atoms. The molecule has 10 heteroatoms. The molecule has 1 unspecified atom stereocenters. The maximum atomic E-state index is 14.3. The number of anilines is 1. The first-order valence-electron chi connectivity index (χ1n) is 14.0. The summed E-state index contributed by atoms with van der Waals surface area (Å²) in [6, 6.07) is 10.1. The summed E-state index contributed by atoms with van der Waals surface area (Å²) in [5.41, 5.74) is 7.76. The first-order chi connectivity index (χ1) is 19.8. The van der Waals surface area contributed by atoms with E-state index in [-0.39, 0.29) is 18.9 Å². The molecule has 3 aromatic heterocycles. The van der Waals surface area contributed by atoms with Gasteiger partial charge in [-0.25, -0.2) is 14.4 Å². The number of alkyl halides is 1. The molecule has 6 rings (SSSR count). The SMILES string of the molecule is CCN(C)CCc1ccc(-c2cc(C)c3cn(C(C(=O)Nc4nccs4)c4ncn5c4C[C@@H](F)C5)nc3c2C)cc1. The lowest BCUT2D eigenvalue weighted by atomic mass is 9.95. The van der Waals surface area contributed by atoms with Crippen LogP contribution in [0, 0.1) is 13.8 Å². The molecule has 41 heavy (non-hydrogen) atoms. The minimum absolute atomic E-state index is 0.226. The lowest BCUT2D eigenvalue weighted by molar-refractivity contribution is -0.118. The molecular formula is C31H34FN7OS. The lowest BCUT2D eigenvalue weighted by Gasteiger charge is -2.16. The third-order valence-electron chi connectivity index (χ3n) is 8.09. The fourth-order valence-electron chi connectivity index (χ4n) is 5.60. The molecule has 0 fully saturated rings. The van der Waals surface area contributed by atoms with Crippen LogP contribution in [0.15, 0.2) is 54.4 Å². The highest BCUT2D eigenvalue weighted by atomic mass is 32.1. The molecule has 0 aliphatic carbocycles. The second kappa shape index (κ2) is 11.2. The highest BCUT2D eigenvalue weighted by Crippen LogP contribution is 2.34. The summed E-state index contributed by atoms with van der Waals surface area (Å²) in [6.45, 7) is 8.63. The van der Waals surface area contributed by atoms with E-state index >= 15 is 0 Å². The number of halogens is 1. The van der Waals surface area contributed by atoms with E-state index in [9.17, 15) is 9.18 Å². The highest BCUT2D eigenvalue weighted by Gasteiger charge is 2.34. The second-order valence-corrected chi connectivity index (χ2v) is 11.7. The third-order valence-corrected chi connectivity index (χ3v) is 8.77. The van der Waals surface area contributed by atoms with Crippen molar-refractivity contribution in [3.8, 4) is 11.1 Å². The van der Waals surface area contributed by atoms with E-state index in [2.05, 4.69) is 78.3 Å². The van der Waals surface area contributed by atoms with Gasteiger partial charge < -0.3 is 9.47 Å². The molecule has 0 spiro atoms. The second-order valence-electron chi connectivity index (χ2n) is 10.8. The zero-order chi connectivity index (χ0) is 28.7. The van der Waals surface area contributed by atoms with Crippen LogP contribution in [0.1, 0.15) is 41.0 Å². The molecule has 1 amide bonds. The van der Waals surface area contributed by atoms with Crippen LogP contribution in [-0.2, 0) is 24.2 Å². The maximum absolute atomic E-state index is 14.3. The number of rotatable bonds is 9. The Morgan fingerprint density at radius 2 is 2.05 bits per heavy atom. The number of aromatic nitrogens is 5. The molecule has 0 saturated carbocycles. The number of imidazole rings is 1. The van der Waals surface area contributed by atoms with Gasteiger partial charge in [-0.05, 0) is 61.7 Å². The summed E-state index contributed by atoms with van der Waals surface area (Å²) in [7, 11) is 2.14. The summed E-state index contributed by atoms with van der Waals surface area (Å²) >= 11 is 1.34. The van der Waals surface area contributed by atoms with Crippen molar-refractivity contribution in [3.05, 3.63) is 82.5 Å². The van der Waals surface area contributed by atoms with Crippen molar-refractivity contribution in [2.24, 2.45) is 0 Å². The number of fused-ring (bicyclic) bond motifs is 2. The molecule has 1 aliphatic rings. The molecule has 5 aromatic rings. The first-order valence-corrected chi connectivity index (χ1v) is 14.9. The average molecular weight is 572 g/mol. The predicted molar refractivity (Wildman–Crippen MR) is 161 cm³/mol. The van der Waals surface area contributed by atoms with Crippen molar-refractivity contribution in [2.75, 3.05) is 25.5 Å². The minimum Gasteiger partial charge on any atom is -0.331 e. The number of carbonyl (C=O) groups excluding carboxylic acids is 1. The fourth-order valence-corrected chi connectivity index (χ4v) is 6.13. The van der Waals surface area contributed by atoms with Crippen LogP contribution >= 0.6 is 11.3 Å². The monoisotopic (exact) mass is 571 g/mol. The number of carbonyl (C=O) groups is 1. The zero-order valence-electron chi connectivity index (χ0n) is 23.8. The largest absolute Gasteiger partial charge is 0.331 e. The first kappa shape index (κ1) is 27.3. The zero-order valence-corrected chi connectivity index (χ0v) is 24.6. The Bertz CT molecular complexity index is 1690. The van der Waals surface area contributed by atoms with E-state index < -0.39 is 12.2 Å². The van der Waals surface area contributed by atoms with Crippen molar-refractivity contribution >= 4 is 33.3 Å². The van der Waals surface area contributed by atoms with Crippen molar-refractivity contribution in [2.45, 2.75) is 52.4 Å². The predicted octanol–water partition coefficient (Wildman–Crippen LogP) is 5.59. The quantitative estimate of drug-likeness (QED) is 0.250. The number of thiazole rings is 1. The number of nitrogens with one attached hydrogen (secondary N) is 1. The third kappa shape index (κ3) is 5.29. The number of nitrogens with zero attached hydrogens (tertiary/aromatic N) is 6. The Kier molecular flexibility index (Phi) is 7.44. The van der Waals surface area contributed by atoms with Gasteiger partial charge in [0, 0.05) is 41.8 Å². The number of hydrogen-bond donors (Lipinski definition) is 1. The van der Waals surface area contributed by atoms with E-state index in [1.807, 2.05) is 6.20 Å². The smallest absolute Gasteiger partial charge is 0.257 e. The molecule has 1 aliphatic heterocycles. The van der Waals surface area contributed by atoms with Crippen molar-refractivity contribution < 1.29 is 9.18 Å². The van der Waals surface area contributed by atoms with Crippen molar-refractivity contribution in [1.82, 2.24) is 29.2 Å². The van der Waals surface area contributed by atoms with Crippen LogP contribution in [0.3, 0.4) is 0 Å². The van der Waals surface area contributed by atoms with Gasteiger partial charge >= 0.3 is 0 Å². The summed E-state index contributed by atoms with van der Waals surface area (Å²) in [6.07, 6.45) is 5.42. The van der Waals surface area contributed by atoms with E-state index in [0.29, 0.717) is 10.8 Å². The van der Waals surface area contributed by atoms with Gasteiger partial charge in [0.15, 0.2) is 11.2 Å². The lowest BCUT2D eigenvalue weighted by Crippen LogP contribution is -2.28. The van der Waals surface area contributed by atoms with Crippen molar-refractivity contribution in [1.29, 1.82) is 0 Å². The van der Waals surface area contributed by atoms with Gasteiger partial charge in [-0.1, -0.05) is 37.3 Å². The standard InChI is InChI=1S/C31H34FN7OS/c1-5-37(4)12-10-21-6-8-22(9-7-21)24-14-19(2)25-17-39(36-27(25)20(24)3)29(30(40)35-31-33-11-13-41-31)28-26-15-23(32)16-38(26)18-34-28/h6-9,11,13-14,17-18,23,29H,5,10,12,15-16H2,1-4H3,(H,33,35,40)/t23-,29?/m1/s1. The van der Waals surface area contributed by atoms with Crippen LogP contribution in [0.5, 0.6) is 0 Å². The number of aryl methyl sites for hydroxylation is 2. The molecule has 1 N–H and O–H groups in total. The van der Waals surface area contributed by atoms with Gasteiger partial charge in [0.05, 0.1) is 24.1 Å². The van der Waals surface area contributed by atoms with Gasteiger partial charge in [-0.3, -0.25) is 14.8 Å². The maximum Gasteiger partial charge on any atom is 0.257 e. The fraction of sp³-hybridized carbons (Fsp3) is 0.355. The Labute approximate surface area is 242 Å². The van der Waals surface area contributed by atoms with Gasteiger partial charge in [0.2, 0.25) is 0 Å².